The van der Waals surface area contributed by atoms with Gasteiger partial charge in [0.2, 0.25) is 5.88 Å². The Bertz CT molecular complexity index is 863. The van der Waals surface area contributed by atoms with Crippen molar-refractivity contribution in [2.45, 2.75) is 46.3 Å². The van der Waals surface area contributed by atoms with Gasteiger partial charge >= 0.3 is 6.18 Å². The minimum Gasteiger partial charge on any atom is -0.475 e. The number of aromatic nitrogens is 3. The largest absolute Gasteiger partial charge is 0.475 e. The molecular formula is C20H29F3N6O. The van der Waals surface area contributed by atoms with Crippen molar-refractivity contribution in [1.29, 1.82) is 0 Å². The first kappa shape index (κ1) is 23.5. The Hall–Kier alpha value is -2.78. The quantitative estimate of drug-likeness (QED) is 0.386. The smallest absolute Gasteiger partial charge is 0.421 e. The summed E-state index contributed by atoms with van der Waals surface area (Å²) in [5.41, 5.74) is 2.41. The van der Waals surface area contributed by atoms with Crippen LogP contribution in [-0.2, 0) is 19.6 Å². The van der Waals surface area contributed by atoms with E-state index in [-0.39, 0.29) is 19.2 Å². The average molecular weight is 426 g/mol. The predicted molar refractivity (Wildman–Crippen MR) is 110 cm³/mol. The summed E-state index contributed by atoms with van der Waals surface area (Å²) in [6.45, 7) is 8.82. The lowest BCUT2D eigenvalue weighted by atomic mass is 10.1. The highest BCUT2D eigenvalue weighted by Crippen LogP contribution is 2.34. The maximum atomic E-state index is 13.0. The fraction of sp³-hybridized carbons (Fsp3) is 0.550. The molecule has 0 spiro atoms. The first-order valence-electron chi connectivity index (χ1n) is 9.82. The zero-order chi connectivity index (χ0) is 22.3. The van der Waals surface area contributed by atoms with Crippen LogP contribution in [-0.4, -0.2) is 46.5 Å². The molecule has 7 nitrogen and oxygen atoms in total. The molecule has 1 atom stereocenters. The number of alkyl halides is 3. The van der Waals surface area contributed by atoms with Gasteiger partial charge in [-0.3, -0.25) is 4.68 Å². The van der Waals surface area contributed by atoms with Crippen LogP contribution in [0.2, 0.25) is 0 Å². The lowest BCUT2D eigenvalue weighted by molar-refractivity contribution is -0.139. The van der Waals surface area contributed by atoms with Crippen molar-refractivity contribution in [3.8, 4) is 5.88 Å². The van der Waals surface area contributed by atoms with E-state index in [0.717, 1.165) is 23.9 Å². The zero-order valence-corrected chi connectivity index (χ0v) is 18.0. The molecule has 0 aliphatic carbocycles. The molecule has 2 rings (SSSR count). The molecule has 0 saturated carbocycles. The van der Waals surface area contributed by atoms with Gasteiger partial charge in [0.25, 0.3) is 0 Å². The third-order valence-electron chi connectivity index (χ3n) is 4.57. The molecule has 0 radical (unpaired) electrons. The Morgan fingerprint density at radius 2 is 2.07 bits per heavy atom. The van der Waals surface area contributed by atoms with E-state index in [2.05, 4.69) is 25.7 Å². The summed E-state index contributed by atoms with van der Waals surface area (Å²) in [5, 5.41) is 10.9. The molecule has 10 heteroatoms. The molecule has 0 fully saturated rings. The summed E-state index contributed by atoms with van der Waals surface area (Å²) in [6.07, 6.45) is -2.47. The standard InChI is InChI=1S/C20H29F3N6O/c1-6-24-19(27-13(2)12-16-14(3)28-29(5)15(16)4)26-10-11-30-18-17(20(21,22)23)8-7-9-25-18/h7-9,13H,6,10-12H2,1-5H3,(H2,24,26,27). The van der Waals surface area contributed by atoms with Crippen molar-refractivity contribution in [2.75, 3.05) is 19.7 Å². The number of pyridine rings is 1. The number of ether oxygens (including phenoxy) is 1. The topological polar surface area (TPSA) is 76.4 Å². The summed E-state index contributed by atoms with van der Waals surface area (Å²) in [5.74, 6) is 0.138. The van der Waals surface area contributed by atoms with Crippen LogP contribution in [0.5, 0.6) is 5.88 Å². The van der Waals surface area contributed by atoms with Gasteiger partial charge in [0.05, 0.1) is 12.2 Å². The monoisotopic (exact) mass is 426 g/mol. The van der Waals surface area contributed by atoms with Gasteiger partial charge < -0.3 is 15.4 Å². The SMILES string of the molecule is CCNC(=NCCOc1ncccc1C(F)(F)F)NC(C)Cc1c(C)nn(C)c1C. The number of halogens is 3. The van der Waals surface area contributed by atoms with Crippen molar-refractivity contribution in [2.24, 2.45) is 12.0 Å². The van der Waals surface area contributed by atoms with Crippen LogP contribution in [0.1, 0.15) is 36.4 Å². The molecular weight excluding hydrogens is 397 g/mol. The van der Waals surface area contributed by atoms with Crippen LogP contribution in [0.3, 0.4) is 0 Å². The predicted octanol–water partition coefficient (Wildman–Crippen LogP) is 3.02. The van der Waals surface area contributed by atoms with E-state index in [1.807, 2.05) is 39.4 Å². The van der Waals surface area contributed by atoms with Crippen molar-refractivity contribution in [3.05, 3.63) is 40.8 Å². The van der Waals surface area contributed by atoms with Gasteiger partial charge in [-0.15, -0.1) is 0 Å². The van der Waals surface area contributed by atoms with Crippen LogP contribution >= 0.6 is 0 Å². The van der Waals surface area contributed by atoms with Gasteiger partial charge in [0, 0.05) is 31.5 Å². The fourth-order valence-corrected chi connectivity index (χ4v) is 3.04. The number of hydrogen-bond donors (Lipinski definition) is 2. The molecule has 2 N–H and O–H groups in total. The molecule has 166 valence electrons. The second kappa shape index (κ2) is 10.3. The van der Waals surface area contributed by atoms with E-state index < -0.39 is 17.6 Å². The summed E-state index contributed by atoms with van der Waals surface area (Å²) in [7, 11) is 1.92. The number of aliphatic imine (C=N–C) groups is 1. The highest BCUT2D eigenvalue weighted by Gasteiger charge is 2.35. The van der Waals surface area contributed by atoms with Crippen LogP contribution in [0.15, 0.2) is 23.3 Å². The highest BCUT2D eigenvalue weighted by molar-refractivity contribution is 5.80. The van der Waals surface area contributed by atoms with E-state index in [1.54, 1.807) is 0 Å². The summed E-state index contributed by atoms with van der Waals surface area (Å²) >= 11 is 0. The normalized spacial score (nSPS) is 13.3. The van der Waals surface area contributed by atoms with E-state index in [4.69, 9.17) is 4.74 Å². The number of guanidine groups is 1. The second-order valence-electron chi connectivity index (χ2n) is 6.99. The van der Waals surface area contributed by atoms with Gasteiger partial charge in [0.1, 0.15) is 12.2 Å². The molecule has 0 aliphatic heterocycles. The van der Waals surface area contributed by atoms with Gasteiger partial charge in [-0.1, -0.05) is 0 Å². The Morgan fingerprint density at radius 3 is 2.67 bits per heavy atom. The summed E-state index contributed by atoms with van der Waals surface area (Å²) in [4.78, 5) is 8.07. The van der Waals surface area contributed by atoms with Gasteiger partial charge in [0.15, 0.2) is 5.96 Å². The molecule has 2 aromatic heterocycles. The highest BCUT2D eigenvalue weighted by atomic mass is 19.4. The maximum Gasteiger partial charge on any atom is 0.421 e. The first-order chi connectivity index (χ1) is 14.1. The Morgan fingerprint density at radius 1 is 1.33 bits per heavy atom. The number of aryl methyl sites for hydroxylation is 2. The van der Waals surface area contributed by atoms with Crippen molar-refractivity contribution < 1.29 is 17.9 Å². The van der Waals surface area contributed by atoms with Crippen LogP contribution in [0.4, 0.5) is 13.2 Å². The van der Waals surface area contributed by atoms with Crippen LogP contribution < -0.4 is 15.4 Å². The molecule has 0 amide bonds. The van der Waals surface area contributed by atoms with Gasteiger partial charge in [-0.2, -0.15) is 18.3 Å². The van der Waals surface area contributed by atoms with Crippen molar-refractivity contribution >= 4 is 5.96 Å². The molecule has 0 saturated heterocycles. The number of hydrogen-bond acceptors (Lipinski definition) is 4. The van der Waals surface area contributed by atoms with E-state index >= 15 is 0 Å². The Kier molecular flexibility index (Phi) is 8.08. The van der Waals surface area contributed by atoms with Gasteiger partial charge in [-0.25, -0.2) is 9.98 Å². The third-order valence-corrected chi connectivity index (χ3v) is 4.57. The Balaban J connectivity index is 1.95. The first-order valence-corrected chi connectivity index (χ1v) is 9.82. The molecule has 0 aromatic carbocycles. The molecule has 0 aliphatic rings. The second-order valence-corrected chi connectivity index (χ2v) is 6.99. The average Bonchev–Trinajstić information content (AvgIpc) is 2.91. The molecule has 0 bridgehead atoms. The van der Waals surface area contributed by atoms with Crippen LogP contribution in [0, 0.1) is 13.8 Å². The molecule has 2 aromatic rings. The van der Waals surface area contributed by atoms with E-state index in [9.17, 15) is 13.2 Å². The lowest BCUT2D eigenvalue weighted by Crippen LogP contribution is -2.43. The third kappa shape index (κ3) is 6.36. The van der Waals surface area contributed by atoms with E-state index in [0.29, 0.717) is 12.5 Å². The number of nitrogens with zero attached hydrogens (tertiary/aromatic N) is 4. The minimum atomic E-state index is -4.51. The molecule has 1 unspecified atom stereocenters. The maximum absolute atomic E-state index is 13.0. The van der Waals surface area contributed by atoms with Crippen molar-refractivity contribution in [3.63, 3.8) is 0 Å². The number of nitrogens with one attached hydrogen (secondary N) is 2. The summed E-state index contributed by atoms with van der Waals surface area (Å²) in [6, 6.07) is 2.26. The number of rotatable bonds is 8. The van der Waals surface area contributed by atoms with Crippen molar-refractivity contribution in [1.82, 2.24) is 25.4 Å². The lowest BCUT2D eigenvalue weighted by Gasteiger charge is -2.18. The van der Waals surface area contributed by atoms with Gasteiger partial charge in [-0.05, 0) is 51.8 Å². The molecule has 30 heavy (non-hydrogen) atoms. The minimum absolute atomic E-state index is 0.0220. The van der Waals surface area contributed by atoms with E-state index in [1.165, 1.54) is 17.8 Å². The van der Waals surface area contributed by atoms with Crippen LogP contribution in [0.25, 0.3) is 0 Å². The Labute approximate surface area is 174 Å². The summed E-state index contributed by atoms with van der Waals surface area (Å²) < 4.78 is 46.1. The fourth-order valence-electron chi connectivity index (χ4n) is 3.04. The molecule has 2 heterocycles. The zero-order valence-electron chi connectivity index (χ0n) is 18.0.